The zero-order chi connectivity index (χ0) is 11.6. The Kier molecular flexibility index (Phi) is 6.13. The van der Waals surface area contributed by atoms with Crippen LogP contribution in [0.2, 0.25) is 0 Å². The lowest BCUT2D eigenvalue weighted by Gasteiger charge is -2.05. The van der Waals surface area contributed by atoms with Crippen LogP contribution in [0.25, 0.3) is 0 Å². The fourth-order valence-electron chi connectivity index (χ4n) is 0.996. The lowest BCUT2D eigenvalue weighted by molar-refractivity contribution is 0.0537. The summed E-state index contributed by atoms with van der Waals surface area (Å²) in [5, 5.41) is 0. The van der Waals surface area contributed by atoms with E-state index in [9.17, 15) is 4.79 Å². The summed E-state index contributed by atoms with van der Waals surface area (Å²) in [6, 6.07) is 3.31. The number of hydrogen-bond donors (Lipinski definition) is 0. The average molecular weight is 225 g/mol. The first-order valence-electron chi connectivity index (χ1n) is 4.97. The Balaban J connectivity index is 2.14. The van der Waals surface area contributed by atoms with Crippen molar-refractivity contribution in [3.63, 3.8) is 0 Å². The maximum atomic E-state index is 10.4. The van der Waals surface area contributed by atoms with Gasteiger partial charge < -0.3 is 14.2 Å². The van der Waals surface area contributed by atoms with Gasteiger partial charge in [-0.2, -0.15) is 0 Å². The molecule has 5 nitrogen and oxygen atoms in total. The molecule has 0 radical (unpaired) electrons. The first kappa shape index (κ1) is 12.6. The smallest absolute Gasteiger partial charge is 0.213 e. The van der Waals surface area contributed by atoms with E-state index in [0.717, 1.165) is 6.29 Å². The van der Waals surface area contributed by atoms with Gasteiger partial charge in [0.2, 0.25) is 5.88 Å². The first-order chi connectivity index (χ1) is 7.86. The SMILES string of the molecule is COCCOCCOc1ccc(C=O)cn1. The molecule has 16 heavy (non-hydrogen) atoms. The zero-order valence-electron chi connectivity index (χ0n) is 9.22. The van der Waals surface area contributed by atoms with Gasteiger partial charge in [-0.25, -0.2) is 4.98 Å². The number of ether oxygens (including phenoxy) is 3. The Morgan fingerprint density at radius 1 is 1.25 bits per heavy atom. The predicted octanol–water partition coefficient (Wildman–Crippen LogP) is 0.936. The Hall–Kier alpha value is -1.46. The lowest BCUT2D eigenvalue weighted by Crippen LogP contribution is -2.10. The third-order valence-corrected chi connectivity index (χ3v) is 1.80. The summed E-state index contributed by atoms with van der Waals surface area (Å²) < 4.78 is 15.3. The van der Waals surface area contributed by atoms with Gasteiger partial charge in [-0.15, -0.1) is 0 Å². The number of nitrogens with zero attached hydrogens (tertiary/aromatic N) is 1. The molecule has 5 heteroatoms. The molecule has 0 N–H and O–H groups in total. The quantitative estimate of drug-likeness (QED) is 0.486. The van der Waals surface area contributed by atoms with E-state index in [1.54, 1.807) is 19.2 Å². The molecule has 0 aliphatic carbocycles. The summed E-state index contributed by atoms with van der Waals surface area (Å²) in [5.41, 5.74) is 0.531. The van der Waals surface area contributed by atoms with Gasteiger partial charge in [0.05, 0.1) is 19.8 Å². The number of aromatic nitrogens is 1. The van der Waals surface area contributed by atoms with E-state index >= 15 is 0 Å². The summed E-state index contributed by atoms with van der Waals surface area (Å²) >= 11 is 0. The number of aldehydes is 1. The largest absolute Gasteiger partial charge is 0.475 e. The van der Waals surface area contributed by atoms with Gasteiger partial charge in [0, 0.05) is 24.9 Å². The average Bonchev–Trinajstić information content (AvgIpc) is 2.34. The minimum Gasteiger partial charge on any atom is -0.475 e. The molecule has 88 valence electrons. The maximum Gasteiger partial charge on any atom is 0.213 e. The number of carbonyl (C=O) groups is 1. The van der Waals surface area contributed by atoms with Gasteiger partial charge in [-0.3, -0.25) is 4.79 Å². The molecular weight excluding hydrogens is 210 g/mol. The summed E-state index contributed by atoms with van der Waals surface area (Å²) in [6.07, 6.45) is 2.21. The number of rotatable bonds is 8. The predicted molar refractivity (Wildman–Crippen MR) is 57.8 cm³/mol. The number of pyridine rings is 1. The van der Waals surface area contributed by atoms with Crippen molar-refractivity contribution in [1.29, 1.82) is 0 Å². The van der Waals surface area contributed by atoms with Crippen LogP contribution in [0.4, 0.5) is 0 Å². The minimum absolute atomic E-state index is 0.428. The molecule has 0 fully saturated rings. The number of methoxy groups -OCH3 is 1. The normalized spacial score (nSPS) is 10.1. The van der Waals surface area contributed by atoms with Crippen molar-refractivity contribution in [3.8, 4) is 5.88 Å². The zero-order valence-corrected chi connectivity index (χ0v) is 9.22. The Labute approximate surface area is 94.3 Å². The highest BCUT2D eigenvalue weighted by Gasteiger charge is 1.96. The van der Waals surface area contributed by atoms with E-state index < -0.39 is 0 Å². The van der Waals surface area contributed by atoms with E-state index in [0.29, 0.717) is 37.9 Å². The lowest BCUT2D eigenvalue weighted by atomic mass is 10.3. The second-order valence-corrected chi connectivity index (χ2v) is 3.00. The van der Waals surface area contributed by atoms with Crippen molar-refractivity contribution >= 4 is 6.29 Å². The van der Waals surface area contributed by atoms with E-state index in [1.165, 1.54) is 6.20 Å². The summed E-state index contributed by atoms with van der Waals surface area (Å²) in [4.78, 5) is 14.3. The van der Waals surface area contributed by atoms with Crippen LogP contribution in [0.1, 0.15) is 10.4 Å². The topological polar surface area (TPSA) is 57.7 Å². The van der Waals surface area contributed by atoms with E-state index in [2.05, 4.69) is 4.98 Å². The molecular formula is C11H15NO4. The van der Waals surface area contributed by atoms with Gasteiger partial charge in [-0.05, 0) is 6.07 Å². The summed E-state index contributed by atoms with van der Waals surface area (Å²) in [7, 11) is 1.62. The van der Waals surface area contributed by atoms with E-state index in [4.69, 9.17) is 14.2 Å². The van der Waals surface area contributed by atoms with Crippen LogP contribution in [-0.2, 0) is 9.47 Å². The summed E-state index contributed by atoms with van der Waals surface area (Å²) in [5.74, 6) is 0.487. The van der Waals surface area contributed by atoms with Crippen molar-refractivity contribution in [2.24, 2.45) is 0 Å². The van der Waals surface area contributed by atoms with Crippen molar-refractivity contribution in [2.75, 3.05) is 33.5 Å². The maximum absolute atomic E-state index is 10.4. The van der Waals surface area contributed by atoms with Gasteiger partial charge in [0.25, 0.3) is 0 Å². The molecule has 1 aromatic rings. The van der Waals surface area contributed by atoms with E-state index in [-0.39, 0.29) is 0 Å². The van der Waals surface area contributed by atoms with Crippen molar-refractivity contribution in [2.45, 2.75) is 0 Å². The molecule has 0 saturated heterocycles. The van der Waals surface area contributed by atoms with Crippen LogP contribution in [0, 0.1) is 0 Å². The summed E-state index contributed by atoms with van der Waals surface area (Å²) in [6.45, 7) is 2.04. The van der Waals surface area contributed by atoms with Crippen LogP contribution >= 0.6 is 0 Å². The molecule has 1 rings (SSSR count). The van der Waals surface area contributed by atoms with E-state index in [1.807, 2.05) is 0 Å². The molecule has 0 amide bonds. The third-order valence-electron chi connectivity index (χ3n) is 1.80. The highest BCUT2D eigenvalue weighted by atomic mass is 16.5. The van der Waals surface area contributed by atoms with Gasteiger partial charge in [0.1, 0.15) is 6.61 Å². The van der Waals surface area contributed by atoms with Crippen LogP contribution in [-0.4, -0.2) is 44.8 Å². The molecule has 0 spiro atoms. The molecule has 1 aromatic heterocycles. The van der Waals surface area contributed by atoms with Crippen LogP contribution in [0.5, 0.6) is 5.88 Å². The fourth-order valence-corrected chi connectivity index (χ4v) is 0.996. The van der Waals surface area contributed by atoms with Crippen LogP contribution in [0.15, 0.2) is 18.3 Å². The van der Waals surface area contributed by atoms with Crippen molar-refractivity contribution < 1.29 is 19.0 Å². The first-order valence-corrected chi connectivity index (χ1v) is 4.97. The molecule has 0 aliphatic rings. The van der Waals surface area contributed by atoms with Crippen molar-refractivity contribution in [3.05, 3.63) is 23.9 Å². The number of hydrogen-bond acceptors (Lipinski definition) is 5. The molecule has 0 unspecified atom stereocenters. The van der Waals surface area contributed by atoms with Gasteiger partial charge in [-0.1, -0.05) is 0 Å². The molecule has 0 bridgehead atoms. The molecule has 0 saturated carbocycles. The Morgan fingerprint density at radius 2 is 2.06 bits per heavy atom. The minimum atomic E-state index is 0.428. The second-order valence-electron chi connectivity index (χ2n) is 3.00. The van der Waals surface area contributed by atoms with Gasteiger partial charge >= 0.3 is 0 Å². The van der Waals surface area contributed by atoms with Crippen molar-refractivity contribution in [1.82, 2.24) is 4.98 Å². The molecule has 0 aromatic carbocycles. The fraction of sp³-hybridized carbons (Fsp3) is 0.455. The van der Waals surface area contributed by atoms with Crippen LogP contribution in [0.3, 0.4) is 0 Å². The van der Waals surface area contributed by atoms with Gasteiger partial charge in [0.15, 0.2) is 6.29 Å². The highest BCUT2D eigenvalue weighted by molar-refractivity contribution is 5.73. The monoisotopic (exact) mass is 225 g/mol. The standard InChI is InChI=1S/C11H15NO4/c1-14-4-5-15-6-7-16-11-3-2-10(9-13)8-12-11/h2-3,8-9H,4-7H2,1H3. The van der Waals surface area contributed by atoms with Crippen LogP contribution < -0.4 is 4.74 Å². The molecule has 0 atom stereocenters. The number of carbonyl (C=O) groups excluding carboxylic acids is 1. The Morgan fingerprint density at radius 3 is 2.69 bits per heavy atom. The highest BCUT2D eigenvalue weighted by Crippen LogP contribution is 2.05. The molecule has 1 heterocycles. The molecule has 0 aliphatic heterocycles. The second kappa shape index (κ2) is 7.78. The Bertz CT molecular complexity index is 299. The third kappa shape index (κ3) is 4.86.